The summed E-state index contributed by atoms with van der Waals surface area (Å²) >= 11 is 0. The van der Waals surface area contributed by atoms with Gasteiger partial charge in [-0.05, 0) is 30.5 Å². The van der Waals surface area contributed by atoms with Crippen LogP contribution in [0.15, 0.2) is 24.3 Å². The Morgan fingerprint density at radius 2 is 2.06 bits per heavy atom. The molecule has 0 spiro atoms. The molecule has 0 aliphatic rings. The third-order valence-electron chi connectivity index (χ3n) is 2.95. The van der Waals surface area contributed by atoms with Gasteiger partial charge in [0.25, 0.3) is 0 Å². The minimum atomic E-state index is -0.140. The van der Waals surface area contributed by atoms with E-state index in [0.717, 1.165) is 11.3 Å². The van der Waals surface area contributed by atoms with E-state index in [9.17, 15) is 4.79 Å². The summed E-state index contributed by atoms with van der Waals surface area (Å²) in [6, 6.07) is 7.67. The molecule has 0 bridgehead atoms. The SMILES string of the molecule is COc1cccc(CNC(=O)NC(C)C(C)C)c1. The molecule has 0 saturated heterocycles. The zero-order valence-corrected chi connectivity index (χ0v) is 11.5. The first-order valence-electron chi connectivity index (χ1n) is 6.20. The highest BCUT2D eigenvalue weighted by Crippen LogP contribution is 2.12. The molecule has 18 heavy (non-hydrogen) atoms. The van der Waals surface area contributed by atoms with E-state index in [1.807, 2.05) is 31.2 Å². The topological polar surface area (TPSA) is 50.4 Å². The Hall–Kier alpha value is -1.71. The van der Waals surface area contributed by atoms with E-state index in [1.54, 1.807) is 7.11 Å². The van der Waals surface area contributed by atoms with Crippen LogP contribution < -0.4 is 15.4 Å². The lowest BCUT2D eigenvalue weighted by Crippen LogP contribution is -2.42. The zero-order valence-electron chi connectivity index (χ0n) is 11.5. The Kier molecular flexibility index (Phi) is 5.49. The summed E-state index contributed by atoms with van der Waals surface area (Å²) in [6.07, 6.45) is 0. The quantitative estimate of drug-likeness (QED) is 0.843. The largest absolute Gasteiger partial charge is 0.497 e. The number of hydrogen-bond acceptors (Lipinski definition) is 2. The molecule has 1 atom stereocenters. The standard InChI is InChI=1S/C14H22N2O2/c1-10(2)11(3)16-14(17)15-9-12-6-5-7-13(8-12)18-4/h5-8,10-11H,9H2,1-4H3,(H2,15,16,17). The van der Waals surface area contributed by atoms with Gasteiger partial charge >= 0.3 is 6.03 Å². The Morgan fingerprint density at radius 3 is 2.67 bits per heavy atom. The van der Waals surface area contributed by atoms with Crippen molar-refractivity contribution in [2.24, 2.45) is 5.92 Å². The fourth-order valence-electron chi connectivity index (χ4n) is 1.39. The average Bonchev–Trinajstić information content (AvgIpc) is 2.36. The van der Waals surface area contributed by atoms with Gasteiger partial charge < -0.3 is 15.4 Å². The molecule has 0 aliphatic carbocycles. The Morgan fingerprint density at radius 1 is 1.33 bits per heavy atom. The van der Waals surface area contributed by atoms with Crippen LogP contribution >= 0.6 is 0 Å². The van der Waals surface area contributed by atoms with Crippen LogP contribution in [0.5, 0.6) is 5.75 Å². The van der Waals surface area contributed by atoms with Crippen LogP contribution in [0.2, 0.25) is 0 Å². The van der Waals surface area contributed by atoms with Crippen molar-refractivity contribution in [1.29, 1.82) is 0 Å². The van der Waals surface area contributed by atoms with Crippen molar-refractivity contribution >= 4 is 6.03 Å². The van der Waals surface area contributed by atoms with Gasteiger partial charge in [-0.3, -0.25) is 0 Å². The lowest BCUT2D eigenvalue weighted by Gasteiger charge is -2.17. The highest BCUT2D eigenvalue weighted by atomic mass is 16.5. The normalized spacial score (nSPS) is 12.1. The first kappa shape index (κ1) is 14.4. The van der Waals surface area contributed by atoms with Crippen molar-refractivity contribution in [2.75, 3.05) is 7.11 Å². The fraction of sp³-hybridized carbons (Fsp3) is 0.500. The summed E-state index contributed by atoms with van der Waals surface area (Å²) in [5.41, 5.74) is 1.02. The number of carbonyl (C=O) groups excluding carboxylic acids is 1. The predicted molar refractivity (Wildman–Crippen MR) is 72.7 cm³/mol. The van der Waals surface area contributed by atoms with Crippen LogP contribution in [0.25, 0.3) is 0 Å². The monoisotopic (exact) mass is 250 g/mol. The number of benzene rings is 1. The second kappa shape index (κ2) is 6.89. The molecule has 1 unspecified atom stereocenters. The van der Waals surface area contributed by atoms with E-state index in [1.165, 1.54) is 0 Å². The average molecular weight is 250 g/mol. The van der Waals surface area contributed by atoms with Crippen LogP contribution in [0.4, 0.5) is 4.79 Å². The van der Waals surface area contributed by atoms with Crippen LogP contribution in [0.3, 0.4) is 0 Å². The molecule has 0 fully saturated rings. The maximum Gasteiger partial charge on any atom is 0.315 e. The smallest absolute Gasteiger partial charge is 0.315 e. The van der Waals surface area contributed by atoms with Gasteiger partial charge in [0.1, 0.15) is 5.75 Å². The van der Waals surface area contributed by atoms with Gasteiger partial charge in [-0.15, -0.1) is 0 Å². The second-order valence-electron chi connectivity index (χ2n) is 4.71. The minimum absolute atomic E-state index is 0.140. The highest BCUT2D eigenvalue weighted by Gasteiger charge is 2.09. The summed E-state index contributed by atoms with van der Waals surface area (Å²) in [5, 5.41) is 5.73. The molecule has 1 rings (SSSR count). The molecule has 2 amide bonds. The van der Waals surface area contributed by atoms with Crippen molar-refractivity contribution in [3.05, 3.63) is 29.8 Å². The van der Waals surface area contributed by atoms with E-state index in [-0.39, 0.29) is 12.1 Å². The highest BCUT2D eigenvalue weighted by molar-refractivity contribution is 5.74. The molecule has 0 saturated carbocycles. The molecule has 0 radical (unpaired) electrons. The van der Waals surface area contributed by atoms with E-state index >= 15 is 0 Å². The molecule has 4 nitrogen and oxygen atoms in total. The lowest BCUT2D eigenvalue weighted by atomic mass is 10.1. The number of amides is 2. The van der Waals surface area contributed by atoms with Gasteiger partial charge in [-0.1, -0.05) is 26.0 Å². The maximum absolute atomic E-state index is 11.6. The molecule has 0 aliphatic heterocycles. The Labute approximate surface area is 109 Å². The van der Waals surface area contributed by atoms with Crippen molar-refractivity contribution in [3.8, 4) is 5.75 Å². The zero-order chi connectivity index (χ0) is 13.5. The molecule has 0 heterocycles. The van der Waals surface area contributed by atoms with Crippen LogP contribution in [0, 0.1) is 5.92 Å². The number of nitrogens with one attached hydrogen (secondary N) is 2. The van der Waals surface area contributed by atoms with Crippen molar-refractivity contribution in [1.82, 2.24) is 10.6 Å². The van der Waals surface area contributed by atoms with Gasteiger partial charge in [-0.25, -0.2) is 4.79 Å². The summed E-state index contributed by atoms with van der Waals surface area (Å²) in [7, 11) is 1.63. The Bertz CT molecular complexity index is 391. The summed E-state index contributed by atoms with van der Waals surface area (Å²) in [5.74, 6) is 1.22. The van der Waals surface area contributed by atoms with Gasteiger partial charge in [0.15, 0.2) is 0 Å². The first-order chi connectivity index (χ1) is 8.52. The first-order valence-corrected chi connectivity index (χ1v) is 6.20. The van der Waals surface area contributed by atoms with E-state index in [2.05, 4.69) is 24.5 Å². The summed E-state index contributed by atoms with van der Waals surface area (Å²) < 4.78 is 5.13. The Balaban J connectivity index is 2.42. The number of hydrogen-bond donors (Lipinski definition) is 2. The maximum atomic E-state index is 11.6. The molecule has 0 aromatic heterocycles. The molecule has 1 aromatic carbocycles. The van der Waals surface area contributed by atoms with E-state index in [4.69, 9.17) is 4.74 Å². The summed E-state index contributed by atoms with van der Waals surface area (Å²) in [6.45, 7) is 6.64. The number of urea groups is 1. The van der Waals surface area contributed by atoms with Gasteiger partial charge in [0.05, 0.1) is 7.11 Å². The molecule has 100 valence electrons. The van der Waals surface area contributed by atoms with Crippen LogP contribution in [-0.2, 0) is 6.54 Å². The third kappa shape index (κ3) is 4.65. The number of carbonyl (C=O) groups is 1. The van der Waals surface area contributed by atoms with Gasteiger partial charge in [0, 0.05) is 12.6 Å². The van der Waals surface area contributed by atoms with Gasteiger partial charge in [0.2, 0.25) is 0 Å². The van der Waals surface area contributed by atoms with Crippen molar-refractivity contribution in [3.63, 3.8) is 0 Å². The van der Waals surface area contributed by atoms with Crippen molar-refractivity contribution in [2.45, 2.75) is 33.4 Å². The molecule has 4 heteroatoms. The third-order valence-corrected chi connectivity index (χ3v) is 2.95. The molecule has 2 N–H and O–H groups in total. The number of rotatable bonds is 5. The molecular weight excluding hydrogens is 228 g/mol. The predicted octanol–water partition coefficient (Wildman–Crippen LogP) is 2.54. The fourth-order valence-corrected chi connectivity index (χ4v) is 1.39. The second-order valence-corrected chi connectivity index (χ2v) is 4.71. The van der Waals surface area contributed by atoms with Crippen molar-refractivity contribution < 1.29 is 9.53 Å². The summed E-state index contributed by atoms with van der Waals surface area (Å²) in [4.78, 5) is 11.6. The van der Waals surface area contributed by atoms with Gasteiger partial charge in [-0.2, -0.15) is 0 Å². The number of ether oxygens (including phenoxy) is 1. The van der Waals surface area contributed by atoms with Crippen LogP contribution in [-0.4, -0.2) is 19.2 Å². The minimum Gasteiger partial charge on any atom is -0.497 e. The lowest BCUT2D eigenvalue weighted by molar-refractivity contribution is 0.234. The van der Waals surface area contributed by atoms with E-state index < -0.39 is 0 Å². The molecular formula is C14H22N2O2. The van der Waals surface area contributed by atoms with E-state index in [0.29, 0.717) is 12.5 Å². The molecule has 1 aromatic rings. The van der Waals surface area contributed by atoms with Crippen LogP contribution in [0.1, 0.15) is 26.3 Å². The number of methoxy groups -OCH3 is 1.